The number of aryl methyl sites for hydroxylation is 2. The highest BCUT2D eigenvalue weighted by Gasteiger charge is 2.21. The molecule has 2 heterocycles. The molecule has 0 atom stereocenters. The summed E-state index contributed by atoms with van der Waals surface area (Å²) in [5.41, 5.74) is 2.19. The second-order valence-electron chi connectivity index (χ2n) is 5.30. The fraction of sp³-hybridized carbons (Fsp3) is 0.312. The molecule has 6 nitrogen and oxygen atoms in total. The van der Waals surface area contributed by atoms with Crippen molar-refractivity contribution in [3.63, 3.8) is 0 Å². The molecule has 0 saturated carbocycles. The summed E-state index contributed by atoms with van der Waals surface area (Å²) in [7, 11) is 0. The van der Waals surface area contributed by atoms with Crippen LogP contribution in [0.4, 0.5) is 5.69 Å². The predicted octanol–water partition coefficient (Wildman–Crippen LogP) is 1.95. The first-order valence-electron chi connectivity index (χ1n) is 7.30. The lowest BCUT2D eigenvalue weighted by atomic mass is 10.0. The Morgan fingerprint density at radius 2 is 2.05 bits per heavy atom. The standard InChI is InChI=1S/C16H17N3O3/c20-15(8-11-18-10-7-13(17-18)16(21)22)19-9-3-5-12-4-1-2-6-14(12)19/h1-2,4,6-7,10H,3,5,8-9,11H2,(H,21,22). The van der Waals surface area contributed by atoms with Crippen molar-refractivity contribution in [2.75, 3.05) is 11.4 Å². The minimum absolute atomic E-state index is 0.00392. The third-order valence-electron chi connectivity index (χ3n) is 3.83. The van der Waals surface area contributed by atoms with Gasteiger partial charge in [-0.05, 0) is 30.5 Å². The number of benzene rings is 1. The Labute approximate surface area is 128 Å². The van der Waals surface area contributed by atoms with E-state index in [1.807, 2.05) is 23.1 Å². The average Bonchev–Trinajstić information content (AvgIpc) is 3.01. The third kappa shape index (κ3) is 2.86. The zero-order valence-electron chi connectivity index (χ0n) is 12.1. The second kappa shape index (κ2) is 6.01. The lowest BCUT2D eigenvalue weighted by Gasteiger charge is -2.29. The topological polar surface area (TPSA) is 75.4 Å². The molecule has 0 radical (unpaired) electrons. The number of hydrogen-bond donors (Lipinski definition) is 1. The van der Waals surface area contributed by atoms with Crippen LogP contribution >= 0.6 is 0 Å². The SMILES string of the molecule is O=C(O)c1ccn(CCC(=O)N2CCCc3ccccc32)n1. The Morgan fingerprint density at radius 1 is 1.23 bits per heavy atom. The van der Waals surface area contributed by atoms with Crippen molar-refractivity contribution in [1.82, 2.24) is 9.78 Å². The van der Waals surface area contributed by atoms with E-state index < -0.39 is 5.97 Å². The van der Waals surface area contributed by atoms with Crippen LogP contribution in [0.1, 0.15) is 28.9 Å². The smallest absolute Gasteiger partial charge is 0.356 e. The van der Waals surface area contributed by atoms with Gasteiger partial charge in [0.15, 0.2) is 5.69 Å². The molecule has 1 aliphatic heterocycles. The van der Waals surface area contributed by atoms with E-state index in [-0.39, 0.29) is 11.6 Å². The molecule has 3 rings (SSSR count). The molecule has 6 heteroatoms. The summed E-state index contributed by atoms with van der Waals surface area (Å²) in [6.07, 6.45) is 3.85. The summed E-state index contributed by atoms with van der Waals surface area (Å²) >= 11 is 0. The van der Waals surface area contributed by atoms with Gasteiger partial charge in [-0.2, -0.15) is 5.10 Å². The Hall–Kier alpha value is -2.63. The van der Waals surface area contributed by atoms with Gasteiger partial charge >= 0.3 is 5.97 Å². The van der Waals surface area contributed by atoms with Gasteiger partial charge in [-0.15, -0.1) is 0 Å². The number of para-hydroxylation sites is 1. The number of aromatic nitrogens is 2. The van der Waals surface area contributed by atoms with Crippen LogP contribution in [-0.4, -0.2) is 33.3 Å². The lowest BCUT2D eigenvalue weighted by molar-refractivity contribution is -0.119. The summed E-state index contributed by atoms with van der Waals surface area (Å²) in [6.45, 7) is 1.11. The van der Waals surface area contributed by atoms with Crippen LogP contribution in [0.2, 0.25) is 0 Å². The van der Waals surface area contributed by atoms with E-state index in [4.69, 9.17) is 5.11 Å². The number of carbonyl (C=O) groups is 2. The highest BCUT2D eigenvalue weighted by atomic mass is 16.4. The molecule has 1 amide bonds. The van der Waals surface area contributed by atoms with E-state index in [2.05, 4.69) is 11.2 Å². The monoisotopic (exact) mass is 299 g/mol. The maximum Gasteiger partial charge on any atom is 0.356 e. The van der Waals surface area contributed by atoms with Crippen molar-refractivity contribution >= 4 is 17.6 Å². The zero-order chi connectivity index (χ0) is 15.5. The molecule has 0 bridgehead atoms. The number of carbonyl (C=O) groups excluding carboxylic acids is 1. The highest BCUT2D eigenvalue weighted by molar-refractivity contribution is 5.94. The number of carboxylic acid groups (broad SMARTS) is 1. The molecule has 0 fully saturated rings. The molecule has 0 aliphatic carbocycles. The Balaban J connectivity index is 1.66. The molecule has 0 saturated heterocycles. The number of amides is 1. The summed E-state index contributed by atoms with van der Waals surface area (Å²) in [5, 5.41) is 12.8. The van der Waals surface area contributed by atoms with Gasteiger partial charge < -0.3 is 10.0 Å². The van der Waals surface area contributed by atoms with Crippen molar-refractivity contribution in [1.29, 1.82) is 0 Å². The summed E-state index contributed by atoms with van der Waals surface area (Å²) < 4.78 is 1.50. The molecular formula is C16H17N3O3. The van der Waals surface area contributed by atoms with Crippen LogP contribution in [0.3, 0.4) is 0 Å². The summed E-state index contributed by atoms with van der Waals surface area (Å²) in [5.74, 6) is -1.02. The fourth-order valence-corrected chi connectivity index (χ4v) is 2.74. The van der Waals surface area contributed by atoms with E-state index in [1.165, 1.54) is 16.3 Å². The van der Waals surface area contributed by atoms with Gasteiger partial charge in [-0.1, -0.05) is 18.2 Å². The number of fused-ring (bicyclic) bond motifs is 1. The van der Waals surface area contributed by atoms with Crippen LogP contribution < -0.4 is 4.90 Å². The zero-order valence-corrected chi connectivity index (χ0v) is 12.1. The minimum atomic E-state index is -1.06. The maximum atomic E-state index is 12.4. The van der Waals surface area contributed by atoms with E-state index in [0.717, 1.165) is 25.1 Å². The largest absolute Gasteiger partial charge is 0.476 e. The van der Waals surface area contributed by atoms with Crippen molar-refractivity contribution in [3.05, 3.63) is 47.8 Å². The first-order valence-corrected chi connectivity index (χ1v) is 7.30. The average molecular weight is 299 g/mol. The van der Waals surface area contributed by atoms with Crippen molar-refractivity contribution in [3.8, 4) is 0 Å². The first-order chi connectivity index (χ1) is 10.6. The predicted molar refractivity (Wildman–Crippen MR) is 80.9 cm³/mol. The molecule has 22 heavy (non-hydrogen) atoms. The lowest BCUT2D eigenvalue weighted by Crippen LogP contribution is -2.35. The van der Waals surface area contributed by atoms with Crippen molar-refractivity contribution in [2.24, 2.45) is 0 Å². The molecule has 114 valence electrons. The quantitative estimate of drug-likeness (QED) is 0.936. The van der Waals surface area contributed by atoms with Gasteiger partial charge in [0.05, 0.1) is 0 Å². The number of hydrogen-bond acceptors (Lipinski definition) is 3. The van der Waals surface area contributed by atoms with Gasteiger partial charge in [0.2, 0.25) is 5.91 Å². The minimum Gasteiger partial charge on any atom is -0.476 e. The van der Waals surface area contributed by atoms with Gasteiger partial charge in [0.25, 0.3) is 0 Å². The molecular weight excluding hydrogens is 282 g/mol. The molecule has 1 aliphatic rings. The van der Waals surface area contributed by atoms with Crippen LogP contribution in [0.15, 0.2) is 36.5 Å². The van der Waals surface area contributed by atoms with Gasteiger partial charge in [0, 0.05) is 31.4 Å². The third-order valence-corrected chi connectivity index (χ3v) is 3.83. The van der Waals surface area contributed by atoms with Gasteiger partial charge in [0.1, 0.15) is 0 Å². The van der Waals surface area contributed by atoms with Crippen LogP contribution in [-0.2, 0) is 17.8 Å². The molecule has 1 N–H and O–H groups in total. The maximum absolute atomic E-state index is 12.4. The Morgan fingerprint density at radius 3 is 2.82 bits per heavy atom. The van der Waals surface area contributed by atoms with E-state index in [9.17, 15) is 9.59 Å². The number of aromatic carboxylic acids is 1. The number of rotatable bonds is 4. The summed E-state index contributed by atoms with van der Waals surface area (Å²) in [6, 6.07) is 9.40. The molecule has 2 aromatic rings. The van der Waals surface area contributed by atoms with Crippen molar-refractivity contribution in [2.45, 2.75) is 25.8 Å². The van der Waals surface area contributed by atoms with Crippen LogP contribution in [0.5, 0.6) is 0 Å². The molecule has 1 aromatic carbocycles. The fourth-order valence-electron chi connectivity index (χ4n) is 2.74. The van der Waals surface area contributed by atoms with E-state index in [0.29, 0.717) is 13.0 Å². The first kappa shape index (κ1) is 14.3. The highest BCUT2D eigenvalue weighted by Crippen LogP contribution is 2.27. The molecule has 1 aromatic heterocycles. The van der Waals surface area contributed by atoms with Crippen LogP contribution in [0.25, 0.3) is 0 Å². The van der Waals surface area contributed by atoms with Gasteiger partial charge in [-0.25, -0.2) is 4.79 Å². The molecule has 0 unspecified atom stereocenters. The van der Waals surface area contributed by atoms with E-state index >= 15 is 0 Å². The second-order valence-corrected chi connectivity index (χ2v) is 5.30. The number of anilines is 1. The molecule has 0 spiro atoms. The number of carboxylic acids is 1. The van der Waals surface area contributed by atoms with Crippen molar-refractivity contribution < 1.29 is 14.7 Å². The Bertz CT molecular complexity index is 708. The Kier molecular flexibility index (Phi) is 3.91. The normalized spacial score (nSPS) is 13.7. The summed E-state index contributed by atoms with van der Waals surface area (Å²) in [4.78, 5) is 25.0. The number of nitrogens with zero attached hydrogens (tertiary/aromatic N) is 3. The van der Waals surface area contributed by atoms with Crippen LogP contribution in [0, 0.1) is 0 Å². The van der Waals surface area contributed by atoms with Gasteiger partial charge in [-0.3, -0.25) is 9.48 Å². The van der Waals surface area contributed by atoms with E-state index in [1.54, 1.807) is 6.20 Å².